The lowest BCUT2D eigenvalue weighted by molar-refractivity contribution is 0.102. The van der Waals surface area contributed by atoms with Crippen LogP contribution in [0.15, 0.2) is 64.4 Å². The molecule has 144 valence electrons. The highest BCUT2D eigenvalue weighted by Crippen LogP contribution is 2.26. The van der Waals surface area contributed by atoms with Crippen LogP contribution in [0.1, 0.15) is 16.8 Å². The minimum atomic E-state index is -0.345. The molecule has 0 N–H and O–H groups in total. The molecule has 0 spiro atoms. The number of halogens is 1. The van der Waals surface area contributed by atoms with Crippen LogP contribution in [0.2, 0.25) is 0 Å². The van der Waals surface area contributed by atoms with Crippen molar-refractivity contribution in [1.82, 2.24) is 14.8 Å². The van der Waals surface area contributed by atoms with Crippen LogP contribution >= 0.6 is 11.8 Å². The van der Waals surface area contributed by atoms with Crippen LogP contribution in [0.25, 0.3) is 22.4 Å². The maximum Gasteiger partial charge on any atom is 0.277 e. The van der Waals surface area contributed by atoms with Gasteiger partial charge in [0.05, 0.1) is 18.2 Å². The van der Waals surface area contributed by atoms with Gasteiger partial charge < -0.3 is 8.98 Å². The van der Waals surface area contributed by atoms with Gasteiger partial charge in [0.15, 0.2) is 5.78 Å². The zero-order chi connectivity index (χ0) is 20.2. The Labute approximate surface area is 170 Å². The summed E-state index contributed by atoms with van der Waals surface area (Å²) < 4.78 is 20.5. The number of aryl methyl sites for hydroxylation is 1. The fraction of sp³-hybridized carbons (Fsp3) is 0.143. The molecule has 4 rings (SSSR count). The highest BCUT2D eigenvalue weighted by Gasteiger charge is 2.17. The van der Waals surface area contributed by atoms with Crippen LogP contribution in [-0.2, 0) is 6.54 Å². The lowest BCUT2D eigenvalue weighted by atomic mass is 10.1. The number of carbonyl (C=O) groups is 1. The Balaban J connectivity index is 1.49. The van der Waals surface area contributed by atoms with Crippen molar-refractivity contribution >= 4 is 28.4 Å². The van der Waals surface area contributed by atoms with Crippen LogP contribution in [-0.4, -0.2) is 26.3 Å². The van der Waals surface area contributed by atoms with Gasteiger partial charge in [-0.1, -0.05) is 30.0 Å². The van der Waals surface area contributed by atoms with Crippen LogP contribution in [0.4, 0.5) is 4.39 Å². The second-order valence-electron chi connectivity index (χ2n) is 6.25. The molecule has 4 aromatic rings. The number of rotatable bonds is 7. The summed E-state index contributed by atoms with van der Waals surface area (Å²) in [6.45, 7) is 0.530. The van der Waals surface area contributed by atoms with Crippen LogP contribution < -0.4 is 0 Å². The molecular formula is C21H15FN4O2S. The third kappa shape index (κ3) is 4.05. The molecule has 2 heterocycles. The topological polar surface area (TPSA) is 84.7 Å². The van der Waals surface area contributed by atoms with Gasteiger partial charge in [0, 0.05) is 34.8 Å². The number of Topliss-reactive ketones (excluding diaryl/α,β-unsaturated/α-hetero) is 1. The van der Waals surface area contributed by atoms with Gasteiger partial charge in [-0.15, -0.1) is 10.2 Å². The Bertz CT molecular complexity index is 1210. The van der Waals surface area contributed by atoms with Crippen molar-refractivity contribution < 1.29 is 13.6 Å². The van der Waals surface area contributed by atoms with Gasteiger partial charge in [0.1, 0.15) is 5.82 Å². The number of thioether (sulfide) groups is 1. The van der Waals surface area contributed by atoms with Crippen molar-refractivity contribution in [3.63, 3.8) is 0 Å². The second kappa shape index (κ2) is 8.29. The van der Waals surface area contributed by atoms with Gasteiger partial charge in [-0.2, -0.15) is 5.26 Å². The number of hydrogen-bond acceptors (Lipinski definition) is 6. The summed E-state index contributed by atoms with van der Waals surface area (Å²) in [6, 6.07) is 15.5. The first-order chi connectivity index (χ1) is 14.2. The molecule has 0 aliphatic carbocycles. The minimum Gasteiger partial charge on any atom is -0.411 e. The number of benzene rings is 2. The van der Waals surface area contributed by atoms with E-state index in [4.69, 9.17) is 9.68 Å². The highest BCUT2D eigenvalue weighted by molar-refractivity contribution is 7.99. The molecule has 29 heavy (non-hydrogen) atoms. The molecule has 8 heteroatoms. The van der Waals surface area contributed by atoms with Gasteiger partial charge in [-0.3, -0.25) is 4.79 Å². The van der Waals surface area contributed by atoms with E-state index in [0.29, 0.717) is 24.1 Å². The molecular weight excluding hydrogens is 391 g/mol. The molecule has 0 bridgehead atoms. The molecule has 2 aromatic carbocycles. The SMILES string of the molecule is N#CCCn1cc(C(=O)CSc2nnc(-c3ccc(F)cc3)o2)c2ccccc21. The van der Waals surface area contributed by atoms with Crippen molar-refractivity contribution in [2.24, 2.45) is 0 Å². The molecule has 0 fully saturated rings. The van der Waals surface area contributed by atoms with Gasteiger partial charge in [-0.05, 0) is 30.3 Å². The smallest absolute Gasteiger partial charge is 0.277 e. The summed E-state index contributed by atoms with van der Waals surface area (Å²) in [7, 11) is 0. The van der Waals surface area contributed by atoms with Gasteiger partial charge in [-0.25, -0.2) is 4.39 Å². The first kappa shape index (κ1) is 18.9. The average molecular weight is 406 g/mol. The summed E-state index contributed by atoms with van der Waals surface area (Å²) in [6.07, 6.45) is 2.16. The van der Waals surface area contributed by atoms with E-state index in [-0.39, 0.29) is 28.5 Å². The Kier molecular flexibility index (Phi) is 5.40. The fourth-order valence-corrected chi connectivity index (χ4v) is 3.65. The van der Waals surface area contributed by atoms with Crippen LogP contribution in [0.3, 0.4) is 0 Å². The van der Waals surface area contributed by atoms with E-state index in [2.05, 4.69) is 16.3 Å². The molecule has 0 aliphatic rings. The van der Waals surface area contributed by atoms with Crippen molar-refractivity contribution in [3.05, 3.63) is 66.1 Å². The largest absolute Gasteiger partial charge is 0.411 e. The van der Waals surface area contributed by atoms with Crippen molar-refractivity contribution in [2.45, 2.75) is 18.2 Å². The van der Waals surface area contributed by atoms with E-state index in [1.807, 2.05) is 28.8 Å². The lowest BCUT2D eigenvalue weighted by Crippen LogP contribution is -2.02. The van der Waals surface area contributed by atoms with Crippen LogP contribution in [0.5, 0.6) is 0 Å². The predicted molar refractivity (Wildman–Crippen MR) is 107 cm³/mol. The molecule has 0 saturated heterocycles. The predicted octanol–water partition coefficient (Wildman–Crippen LogP) is 4.72. The summed E-state index contributed by atoms with van der Waals surface area (Å²) in [5.41, 5.74) is 2.13. The number of para-hydroxylation sites is 1. The zero-order valence-electron chi connectivity index (χ0n) is 15.2. The Morgan fingerprint density at radius 1 is 1.17 bits per heavy atom. The molecule has 0 aliphatic heterocycles. The van der Waals surface area contributed by atoms with Crippen LogP contribution in [0, 0.1) is 17.1 Å². The number of fused-ring (bicyclic) bond motifs is 1. The number of hydrogen-bond donors (Lipinski definition) is 0. The Hall–Kier alpha value is -3.44. The van der Waals surface area contributed by atoms with Gasteiger partial charge >= 0.3 is 0 Å². The number of nitriles is 1. The molecule has 0 saturated carbocycles. The van der Waals surface area contributed by atoms with E-state index >= 15 is 0 Å². The number of nitrogens with zero attached hydrogens (tertiary/aromatic N) is 4. The number of ketones is 1. The van der Waals surface area contributed by atoms with E-state index in [0.717, 1.165) is 22.7 Å². The molecule has 0 radical (unpaired) electrons. The molecule has 0 amide bonds. The maximum absolute atomic E-state index is 13.0. The van der Waals surface area contributed by atoms with Crippen molar-refractivity contribution in [3.8, 4) is 17.5 Å². The maximum atomic E-state index is 13.0. The normalized spacial score (nSPS) is 10.9. The highest BCUT2D eigenvalue weighted by atomic mass is 32.2. The van der Waals surface area contributed by atoms with E-state index in [1.165, 1.54) is 12.1 Å². The summed E-state index contributed by atoms with van der Waals surface area (Å²) in [4.78, 5) is 12.8. The summed E-state index contributed by atoms with van der Waals surface area (Å²) in [5, 5.41) is 17.9. The van der Waals surface area contributed by atoms with E-state index in [1.54, 1.807) is 18.3 Å². The quantitative estimate of drug-likeness (QED) is 0.326. The van der Waals surface area contributed by atoms with Crippen molar-refractivity contribution in [2.75, 3.05) is 5.75 Å². The Morgan fingerprint density at radius 3 is 2.76 bits per heavy atom. The molecule has 0 unspecified atom stereocenters. The van der Waals surface area contributed by atoms with E-state index in [9.17, 15) is 9.18 Å². The summed E-state index contributed by atoms with van der Waals surface area (Å²) in [5.74, 6) is -0.00370. The standard InChI is InChI=1S/C21H15FN4O2S/c22-15-8-6-14(7-9-15)20-24-25-21(28-20)29-13-19(27)17-12-26(11-3-10-23)18-5-2-1-4-16(17)18/h1-2,4-9,12H,3,11,13H2. The molecule has 6 nitrogen and oxygen atoms in total. The first-order valence-corrected chi connectivity index (χ1v) is 9.84. The van der Waals surface area contributed by atoms with Crippen molar-refractivity contribution in [1.29, 1.82) is 5.26 Å². The lowest BCUT2D eigenvalue weighted by Gasteiger charge is -2.00. The summed E-state index contributed by atoms with van der Waals surface area (Å²) >= 11 is 1.15. The second-order valence-corrected chi connectivity index (χ2v) is 7.18. The zero-order valence-corrected chi connectivity index (χ0v) is 16.0. The monoisotopic (exact) mass is 406 g/mol. The third-order valence-corrected chi connectivity index (χ3v) is 5.20. The minimum absolute atomic E-state index is 0.0663. The van der Waals surface area contributed by atoms with Gasteiger partial charge in [0.25, 0.3) is 5.22 Å². The molecule has 2 aromatic heterocycles. The third-order valence-electron chi connectivity index (χ3n) is 4.38. The van der Waals surface area contributed by atoms with Gasteiger partial charge in [0.2, 0.25) is 5.89 Å². The van der Waals surface area contributed by atoms with E-state index < -0.39 is 0 Å². The number of carbonyl (C=O) groups excluding carboxylic acids is 1. The number of aromatic nitrogens is 3. The molecule has 0 atom stereocenters. The first-order valence-electron chi connectivity index (χ1n) is 8.86. The average Bonchev–Trinajstić information content (AvgIpc) is 3.36. The Morgan fingerprint density at radius 2 is 1.97 bits per heavy atom. The fourth-order valence-electron chi connectivity index (χ4n) is 3.01.